The first-order chi connectivity index (χ1) is 11.3. The molecule has 1 aromatic heterocycles. The number of hydrogen-bond donors (Lipinski definition) is 0. The Kier molecular flexibility index (Phi) is 4.43. The summed E-state index contributed by atoms with van der Waals surface area (Å²) in [6, 6.07) is 19.0. The van der Waals surface area contributed by atoms with Crippen molar-refractivity contribution in [3.05, 3.63) is 84.3 Å². The molecule has 0 radical (unpaired) electrons. The number of amides is 1. The van der Waals surface area contributed by atoms with E-state index in [1.165, 1.54) is 12.5 Å². The average molecular weight is 307 g/mol. The summed E-state index contributed by atoms with van der Waals surface area (Å²) >= 11 is 0. The van der Waals surface area contributed by atoms with Crippen molar-refractivity contribution in [2.24, 2.45) is 0 Å². The highest BCUT2D eigenvalue weighted by Gasteiger charge is 2.19. The number of methoxy groups -OCH3 is 1. The van der Waals surface area contributed by atoms with E-state index in [1.54, 1.807) is 18.1 Å². The van der Waals surface area contributed by atoms with Crippen LogP contribution in [0.5, 0.6) is 5.75 Å². The summed E-state index contributed by atoms with van der Waals surface area (Å²) in [7, 11) is 1.62. The maximum atomic E-state index is 12.8. The first-order valence-electron chi connectivity index (χ1n) is 7.30. The second-order valence-electron chi connectivity index (χ2n) is 5.09. The molecule has 3 rings (SSSR count). The average Bonchev–Trinajstić information content (AvgIpc) is 3.15. The van der Waals surface area contributed by atoms with Crippen molar-refractivity contribution in [3.8, 4) is 5.75 Å². The lowest BCUT2D eigenvalue weighted by molar-refractivity contribution is 0.0984. The fourth-order valence-corrected chi connectivity index (χ4v) is 2.35. The van der Waals surface area contributed by atoms with Gasteiger partial charge in [-0.05, 0) is 35.9 Å². The Hall–Kier alpha value is -3.01. The third kappa shape index (κ3) is 3.43. The van der Waals surface area contributed by atoms with Gasteiger partial charge in [-0.3, -0.25) is 4.79 Å². The summed E-state index contributed by atoms with van der Waals surface area (Å²) in [6.45, 7) is 0.483. The predicted molar refractivity (Wildman–Crippen MR) is 88.7 cm³/mol. The molecule has 116 valence electrons. The monoisotopic (exact) mass is 307 g/mol. The van der Waals surface area contributed by atoms with Crippen LogP contribution in [0.2, 0.25) is 0 Å². The number of carbonyl (C=O) groups is 1. The molecule has 4 nitrogen and oxygen atoms in total. The van der Waals surface area contributed by atoms with Crippen LogP contribution in [0.3, 0.4) is 0 Å². The topological polar surface area (TPSA) is 42.7 Å². The van der Waals surface area contributed by atoms with E-state index in [2.05, 4.69) is 0 Å². The number of nitrogens with zero attached hydrogens (tertiary/aromatic N) is 1. The van der Waals surface area contributed by atoms with Gasteiger partial charge >= 0.3 is 0 Å². The molecule has 0 saturated heterocycles. The number of ether oxygens (including phenoxy) is 1. The molecular weight excluding hydrogens is 290 g/mol. The Morgan fingerprint density at radius 1 is 1.04 bits per heavy atom. The van der Waals surface area contributed by atoms with Crippen LogP contribution in [0, 0.1) is 0 Å². The van der Waals surface area contributed by atoms with E-state index >= 15 is 0 Å². The maximum Gasteiger partial charge on any atom is 0.261 e. The number of carbonyl (C=O) groups excluding carboxylic acids is 1. The van der Waals surface area contributed by atoms with Crippen molar-refractivity contribution < 1.29 is 13.9 Å². The van der Waals surface area contributed by atoms with Gasteiger partial charge in [0, 0.05) is 5.69 Å². The van der Waals surface area contributed by atoms with Crippen LogP contribution in [-0.4, -0.2) is 13.0 Å². The molecule has 0 bridgehead atoms. The third-order valence-electron chi connectivity index (χ3n) is 3.58. The van der Waals surface area contributed by atoms with Crippen molar-refractivity contribution in [2.45, 2.75) is 6.54 Å². The van der Waals surface area contributed by atoms with Crippen LogP contribution in [0.25, 0.3) is 0 Å². The van der Waals surface area contributed by atoms with E-state index in [0.717, 1.165) is 17.0 Å². The smallest absolute Gasteiger partial charge is 0.261 e. The lowest BCUT2D eigenvalue weighted by Crippen LogP contribution is -2.30. The van der Waals surface area contributed by atoms with E-state index in [-0.39, 0.29) is 5.91 Å². The van der Waals surface area contributed by atoms with Crippen LogP contribution >= 0.6 is 0 Å². The summed E-state index contributed by atoms with van der Waals surface area (Å²) in [5, 5.41) is 0. The molecule has 0 N–H and O–H groups in total. The van der Waals surface area contributed by atoms with Gasteiger partial charge < -0.3 is 14.1 Å². The van der Waals surface area contributed by atoms with Gasteiger partial charge in [0.15, 0.2) is 0 Å². The molecule has 3 aromatic rings. The van der Waals surface area contributed by atoms with Crippen LogP contribution < -0.4 is 9.64 Å². The Morgan fingerprint density at radius 3 is 2.39 bits per heavy atom. The molecule has 0 saturated carbocycles. The lowest BCUT2D eigenvalue weighted by Gasteiger charge is -2.22. The van der Waals surface area contributed by atoms with Gasteiger partial charge in [0.2, 0.25) is 0 Å². The Labute approximate surface area is 134 Å². The zero-order valence-corrected chi connectivity index (χ0v) is 12.8. The maximum absolute atomic E-state index is 12.8. The van der Waals surface area contributed by atoms with Gasteiger partial charge in [-0.2, -0.15) is 0 Å². The molecule has 2 aromatic carbocycles. The highest BCUT2D eigenvalue weighted by atomic mass is 16.5. The zero-order chi connectivity index (χ0) is 16.1. The number of anilines is 1. The first kappa shape index (κ1) is 14.9. The van der Waals surface area contributed by atoms with E-state index in [9.17, 15) is 4.79 Å². The normalized spacial score (nSPS) is 10.3. The van der Waals surface area contributed by atoms with Crippen LogP contribution in [-0.2, 0) is 6.54 Å². The van der Waals surface area contributed by atoms with Crippen molar-refractivity contribution >= 4 is 11.6 Å². The molecule has 0 aliphatic heterocycles. The number of rotatable bonds is 5. The zero-order valence-electron chi connectivity index (χ0n) is 12.8. The largest absolute Gasteiger partial charge is 0.497 e. The summed E-state index contributed by atoms with van der Waals surface area (Å²) in [5.41, 5.74) is 2.39. The number of furan rings is 1. The Bertz CT molecular complexity index is 749. The minimum atomic E-state index is -0.104. The molecule has 0 aliphatic carbocycles. The van der Waals surface area contributed by atoms with E-state index in [0.29, 0.717) is 12.1 Å². The van der Waals surface area contributed by atoms with Gasteiger partial charge in [0.25, 0.3) is 5.91 Å². The molecular formula is C19H17NO3. The minimum absolute atomic E-state index is 0.104. The van der Waals surface area contributed by atoms with E-state index < -0.39 is 0 Å². The van der Waals surface area contributed by atoms with Gasteiger partial charge in [-0.1, -0.05) is 30.3 Å². The van der Waals surface area contributed by atoms with Crippen molar-refractivity contribution in [1.29, 1.82) is 0 Å². The fourth-order valence-electron chi connectivity index (χ4n) is 2.35. The summed E-state index contributed by atoms with van der Waals surface area (Å²) in [6.07, 6.45) is 2.96. The SMILES string of the molecule is COc1ccc(N(Cc2ccccc2)C(=O)c2ccoc2)cc1. The molecule has 1 amide bonds. The van der Waals surface area contributed by atoms with E-state index in [1.807, 2.05) is 54.6 Å². The highest BCUT2D eigenvalue weighted by molar-refractivity contribution is 6.05. The molecule has 0 spiro atoms. The molecule has 23 heavy (non-hydrogen) atoms. The van der Waals surface area contributed by atoms with Crippen LogP contribution in [0.15, 0.2) is 77.6 Å². The fraction of sp³-hybridized carbons (Fsp3) is 0.105. The van der Waals surface area contributed by atoms with Crippen molar-refractivity contribution in [3.63, 3.8) is 0 Å². The van der Waals surface area contributed by atoms with Crippen LogP contribution in [0.1, 0.15) is 15.9 Å². The number of hydrogen-bond acceptors (Lipinski definition) is 3. The quantitative estimate of drug-likeness (QED) is 0.711. The van der Waals surface area contributed by atoms with Gasteiger partial charge in [0.1, 0.15) is 12.0 Å². The Balaban J connectivity index is 1.93. The molecule has 0 aliphatic rings. The van der Waals surface area contributed by atoms with Gasteiger partial charge in [-0.25, -0.2) is 0 Å². The van der Waals surface area contributed by atoms with Crippen molar-refractivity contribution in [2.75, 3.05) is 12.0 Å². The molecule has 0 unspecified atom stereocenters. The second-order valence-corrected chi connectivity index (χ2v) is 5.09. The molecule has 0 atom stereocenters. The Morgan fingerprint density at radius 2 is 1.78 bits per heavy atom. The third-order valence-corrected chi connectivity index (χ3v) is 3.58. The van der Waals surface area contributed by atoms with Gasteiger partial charge in [0.05, 0.1) is 25.5 Å². The predicted octanol–water partition coefficient (Wildman–Crippen LogP) is 4.14. The van der Waals surface area contributed by atoms with E-state index in [4.69, 9.17) is 9.15 Å². The number of benzene rings is 2. The summed E-state index contributed by atoms with van der Waals surface area (Å²) < 4.78 is 10.2. The second kappa shape index (κ2) is 6.83. The summed E-state index contributed by atoms with van der Waals surface area (Å²) in [4.78, 5) is 14.5. The molecule has 0 fully saturated rings. The molecule has 1 heterocycles. The van der Waals surface area contributed by atoms with Gasteiger partial charge in [-0.15, -0.1) is 0 Å². The van der Waals surface area contributed by atoms with Crippen molar-refractivity contribution in [1.82, 2.24) is 0 Å². The lowest BCUT2D eigenvalue weighted by atomic mass is 10.1. The summed E-state index contributed by atoms with van der Waals surface area (Å²) in [5.74, 6) is 0.650. The highest BCUT2D eigenvalue weighted by Crippen LogP contribution is 2.23. The van der Waals surface area contributed by atoms with Crippen LogP contribution in [0.4, 0.5) is 5.69 Å². The standard InChI is InChI=1S/C19H17NO3/c1-22-18-9-7-17(8-10-18)20(13-15-5-3-2-4-6-15)19(21)16-11-12-23-14-16/h2-12,14H,13H2,1H3. The minimum Gasteiger partial charge on any atom is -0.497 e. The first-order valence-corrected chi connectivity index (χ1v) is 7.30. The molecule has 4 heteroatoms.